The molecule has 174 valence electrons. The molecule has 3 rings (SSSR count). The Bertz CT molecular complexity index is 1220. The minimum atomic E-state index is -3.91. The first-order valence-corrected chi connectivity index (χ1v) is 11.5. The Labute approximate surface area is 191 Å². The molecule has 0 spiro atoms. The number of hydrogen-bond acceptors (Lipinski definition) is 7. The van der Waals surface area contributed by atoms with Crippen molar-refractivity contribution in [2.24, 2.45) is 0 Å². The first kappa shape index (κ1) is 24.0. The zero-order valence-corrected chi connectivity index (χ0v) is 19.1. The number of ether oxygens (including phenoxy) is 2. The van der Waals surface area contributed by atoms with Gasteiger partial charge < -0.3 is 19.2 Å². The topological polar surface area (TPSA) is 124 Å². The van der Waals surface area contributed by atoms with E-state index in [-0.39, 0.29) is 17.0 Å². The van der Waals surface area contributed by atoms with Gasteiger partial charge in [0.1, 0.15) is 11.5 Å². The fraction of sp³-hybridized carbons (Fsp3) is 0.217. The lowest BCUT2D eigenvalue weighted by Gasteiger charge is -2.15. The predicted octanol–water partition coefficient (Wildman–Crippen LogP) is 3.26. The van der Waals surface area contributed by atoms with Gasteiger partial charge in [-0.1, -0.05) is 6.07 Å². The summed E-state index contributed by atoms with van der Waals surface area (Å²) in [6, 6.07) is 14.1. The van der Waals surface area contributed by atoms with Crippen molar-refractivity contribution in [2.75, 3.05) is 12.4 Å². The van der Waals surface area contributed by atoms with Crippen molar-refractivity contribution in [2.45, 2.75) is 31.4 Å². The average molecular weight is 473 g/mol. The molecule has 1 unspecified atom stereocenters. The summed E-state index contributed by atoms with van der Waals surface area (Å²) in [4.78, 5) is 25.0. The molecule has 2 N–H and O–H groups in total. The average Bonchev–Trinajstić information content (AvgIpc) is 3.32. The van der Waals surface area contributed by atoms with Crippen LogP contribution >= 0.6 is 0 Å². The lowest BCUT2D eigenvalue weighted by molar-refractivity contribution is -0.123. The van der Waals surface area contributed by atoms with E-state index < -0.39 is 28.0 Å². The van der Waals surface area contributed by atoms with Gasteiger partial charge in [0.25, 0.3) is 5.91 Å². The van der Waals surface area contributed by atoms with E-state index in [1.807, 2.05) is 0 Å². The monoisotopic (exact) mass is 472 g/mol. The zero-order valence-electron chi connectivity index (χ0n) is 18.3. The quantitative estimate of drug-likeness (QED) is 0.458. The Hall–Kier alpha value is -3.63. The fourth-order valence-electron chi connectivity index (χ4n) is 2.85. The molecule has 1 atom stereocenters. The smallest absolute Gasteiger partial charge is 0.339 e. The summed E-state index contributed by atoms with van der Waals surface area (Å²) in [5.74, 6) is -0.263. The Morgan fingerprint density at radius 2 is 1.82 bits per heavy atom. The van der Waals surface area contributed by atoms with Crippen molar-refractivity contribution in [3.63, 3.8) is 0 Å². The number of sulfonamides is 1. The fourth-order valence-corrected chi connectivity index (χ4v) is 3.87. The van der Waals surface area contributed by atoms with Gasteiger partial charge in [0.05, 0.1) is 30.4 Å². The molecular weight excluding hydrogens is 448 g/mol. The number of anilines is 1. The normalized spacial score (nSPS) is 12.1. The maximum absolute atomic E-state index is 12.7. The minimum Gasteiger partial charge on any atom is -0.497 e. The van der Waals surface area contributed by atoms with E-state index in [2.05, 4.69) is 10.0 Å². The number of carbonyl (C=O) groups is 2. The van der Waals surface area contributed by atoms with Gasteiger partial charge >= 0.3 is 5.97 Å². The number of furan rings is 1. The molecule has 2 aromatic carbocycles. The number of rotatable bonds is 9. The van der Waals surface area contributed by atoms with Gasteiger partial charge in [0.15, 0.2) is 6.10 Å². The molecule has 0 aliphatic carbocycles. The van der Waals surface area contributed by atoms with Crippen LogP contribution in [0, 0.1) is 6.92 Å². The van der Waals surface area contributed by atoms with E-state index in [0.717, 1.165) is 0 Å². The van der Waals surface area contributed by atoms with Crippen LogP contribution in [0.1, 0.15) is 28.6 Å². The Morgan fingerprint density at radius 1 is 1.09 bits per heavy atom. The third kappa shape index (κ3) is 6.21. The second-order valence-electron chi connectivity index (χ2n) is 7.15. The molecule has 0 saturated heterocycles. The third-order valence-electron chi connectivity index (χ3n) is 4.77. The molecule has 0 saturated carbocycles. The maximum Gasteiger partial charge on any atom is 0.339 e. The summed E-state index contributed by atoms with van der Waals surface area (Å²) in [5, 5.41) is 2.64. The van der Waals surface area contributed by atoms with Crippen LogP contribution in [0.3, 0.4) is 0 Å². The standard InChI is InChI=1S/C23H24N2O7S/c1-15-6-11-20(33(28,29)24-14-19-5-4-12-31-19)13-21(15)23(27)32-16(2)22(26)25-17-7-9-18(30-3)10-8-17/h4-13,16,24H,14H2,1-3H3,(H,25,26). The molecular formula is C23H24N2O7S. The summed E-state index contributed by atoms with van der Waals surface area (Å²) in [6.07, 6.45) is 0.326. The van der Waals surface area contributed by atoms with Crippen LogP contribution in [-0.2, 0) is 26.1 Å². The van der Waals surface area contributed by atoms with E-state index in [0.29, 0.717) is 22.8 Å². The van der Waals surface area contributed by atoms with E-state index in [1.165, 1.54) is 38.5 Å². The first-order chi connectivity index (χ1) is 15.7. The van der Waals surface area contributed by atoms with Crippen LogP contribution in [0.5, 0.6) is 5.75 Å². The van der Waals surface area contributed by atoms with Crippen molar-refractivity contribution in [1.29, 1.82) is 0 Å². The van der Waals surface area contributed by atoms with E-state index in [1.54, 1.807) is 43.3 Å². The SMILES string of the molecule is COc1ccc(NC(=O)C(C)OC(=O)c2cc(S(=O)(=O)NCc3ccco3)ccc2C)cc1. The van der Waals surface area contributed by atoms with E-state index in [4.69, 9.17) is 13.9 Å². The van der Waals surface area contributed by atoms with Gasteiger partial charge in [-0.25, -0.2) is 17.9 Å². The van der Waals surface area contributed by atoms with Crippen LogP contribution < -0.4 is 14.8 Å². The molecule has 1 aromatic heterocycles. The highest BCUT2D eigenvalue weighted by Crippen LogP contribution is 2.19. The highest BCUT2D eigenvalue weighted by molar-refractivity contribution is 7.89. The van der Waals surface area contributed by atoms with Gasteiger partial charge in [-0.2, -0.15) is 0 Å². The molecule has 3 aromatic rings. The number of methoxy groups -OCH3 is 1. The van der Waals surface area contributed by atoms with Crippen molar-refractivity contribution in [3.8, 4) is 5.75 Å². The predicted molar refractivity (Wildman–Crippen MR) is 120 cm³/mol. The molecule has 0 aliphatic rings. The summed E-state index contributed by atoms with van der Waals surface area (Å²) in [6.45, 7) is 3.04. The number of hydrogen-bond donors (Lipinski definition) is 2. The van der Waals surface area contributed by atoms with Gasteiger partial charge in [-0.15, -0.1) is 0 Å². The van der Waals surface area contributed by atoms with Gasteiger partial charge in [-0.05, 0) is 67.9 Å². The largest absolute Gasteiger partial charge is 0.497 e. The van der Waals surface area contributed by atoms with Crippen LogP contribution in [0.15, 0.2) is 70.2 Å². The Kier molecular flexibility index (Phi) is 7.52. The number of carbonyl (C=O) groups excluding carboxylic acids is 2. The van der Waals surface area contributed by atoms with Crippen molar-refractivity contribution < 1.29 is 31.9 Å². The molecule has 33 heavy (non-hydrogen) atoms. The number of aryl methyl sites for hydroxylation is 1. The second-order valence-corrected chi connectivity index (χ2v) is 8.91. The molecule has 0 aliphatic heterocycles. The highest BCUT2D eigenvalue weighted by atomic mass is 32.2. The molecule has 9 nitrogen and oxygen atoms in total. The number of esters is 1. The van der Waals surface area contributed by atoms with Gasteiger partial charge in [0, 0.05) is 5.69 Å². The third-order valence-corrected chi connectivity index (χ3v) is 6.17. The Balaban J connectivity index is 1.67. The van der Waals surface area contributed by atoms with Gasteiger partial charge in [-0.3, -0.25) is 4.79 Å². The first-order valence-electron chi connectivity index (χ1n) is 9.98. The van der Waals surface area contributed by atoms with Crippen molar-refractivity contribution in [3.05, 3.63) is 77.7 Å². The second kappa shape index (κ2) is 10.3. The number of amides is 1. The minimum absolute atomic E-state index is 0.0362. The molecule has 0 bridgehead atoms. The maximum atomic E-state index is 12.7. The van der Waals surface area contributed by atoms with Gasteiger partial charge in [0.2, 0.25) is 10.0 Å². The van der Waals surface area contributed by atoms with Crippen molar-refractivity contribution in [1.82, 2.24) is 4.72 Å². The van der Waals surface area contributed by atoms with Crippen LogP contribution in [0.25, 0.3) is 0 Å². The van der Waals surface area contributed by atoms with Crippen molar-refractivity contribution >= 4 is 27.6 Å². The Morgan fingerprint density at radius 3 is 2.45 bits per heavy atom. The number of nitrogens with one attached hydrogen (secondary N) is 2. The summed E-state index contributed by atoms with van der Waals surface area (Å²) in [7, 11) is -2.37. The summed E-state index contributed by atoms with van der Waals surface area (Å²) < 4.78 is 43.1. The molecule has 10 heteroatoms. The van der Waals surface area contributed by atoms with Crippen LogP contribution in [0.2, 0.25) is 0 Å². The lowest BCUT2D eigenvalue weighted by atomic mass is 10.1. The molecule has 1 heterocycles. The lowest BCUT2D eigenvalue weighted by Crippen LogP contribution is -2.30. The molecule has 1 amide bonds. The van der Waals surface area contributed by atoms with Crippen LogP contribution in [-0.4, -0.2) is 33.5 Å². The molecule has 0 fully saturated rings. The summed E-state index contributed by atoms with van der Waals surface area (Å²) in [5.41, 5.74) is 1.06. The summed E-state index contributed by atoms with van der Waals surface area (Å²) >= 11 is 0. The zero-order chi connectivity index (χ0) is 24.0. The highest BCUT2D eigenvalue weighted by Gasteiger charge is 2.23. The van der Waals surface area contributed by atoms with Crippen LogP contribution in [0.4, 0.5) is 5.69 Å². The number of benzene rings is 2. The molecule has 0 radical (unpaired) electrons. The van der Waals surface area contributed by atoms with E-state index in [9.17, 15) is 18.0 Å². The van der Waals surface area contributed by atoms with E-state index >= 15 is 0 Å².